The lowest BCUT2D eigenvalue weighted by Crippen LogP contribution is -2.27. The standard InChI is InChI=1S/C17H27N/c1-5-6-9-13(2)12-16-14(3)18(4)17-11-8-7-10-15(16)17/h7-8,10-11,13-14,16H,5-6,9,12H2,1-4H3/t13-,14+,16?/m1/s1. The van der Waals surface area contributed by atoms with Gasteiger partial charge in [0.25, 0.3) is 0 Å². The van der Waals surface area contributed by atoms with Crippen LogP contribution in [0.5, 0.6) is 0 Å². The number of likely N-dealkylation sites (N-methyl/N-ethyl adjacent to an activating group) is 1. The van der Waals surface area contributed by atoms with Gasteiger partial charge in [0, 0.05) is 24.7 Å². The second-order valence-corrected chi connectivity index (χ2v) is 6.00. The molecule has 0 N–H and O–H groups in total. The Morgan fingerprint density at radius 2 is 2.00 bits per heavy atom. The highest BCUT2D eigenvalue weighted by Crippen LogP contribution is 2.43. The fourth-order valence-electron chi connectivity index (χ4n) is 3.30. The number of anilines is 1. The van der Waals surface area contributed by atoms with Crippen molar-refractivity contribution in [3.8, 4) is 0 Å². The van der Waals surface area contributed by atoms with Crippen LogP contribution in [0.2, 0.25) is 0 Å². The number of nitrogens with zero attached hydrogens (tertiary/aromatic N) is 1. The van der Waals surface area contributed by atoms with Gasteiger partial charge in [0.2, 0.25) is 0 Å². The Labute approximate surface area is 112 Å². The van der Waals surface area contributed by atoms with Crippen LogP contribution in [0.1, 0.15) is 57.9 Å². The van der Waals surface area contributed by atoms with E-state index in [-0.39, 0.29) is 0 Å². The van der Waals surface area contributed by atoms with E-state index in [1.165, 1.54) is 31.4 Å². The molecule has 0 amide bonds. The van der Waals surface area contributed by atoms with Gasteiger partial charge in [-0.15, -0.1) is 0 Å². The molecule has 0 saturated carbocycles. The maximum absolute atomic E-state index is 2.45. The van der Waals surface area contributed by atoms with E-state index in [4.69, 9.17) is 0 Å². The molecule has 0 spiro atoms. The molecule has 0 bridgehead atoms. The summed E-state index contributed by atoms with van der Waals surface area (Å²) in [5, 5.41) is 0. The highest BCUT2D eigenvalue weighted by molar-refractivity contribution is 5.60. The minimum absolute atomic E-state index is 0.645. The Kier molecular flexibility index (Phi) is 4.31. The third-order valence-corrected chi connectivity index (χ3v) is 4.62. The van der Waals surface area contributed by atoms with Crippen molar-refractivity contribution in [3.63, 3.8) is 0 Å². The van der Waals surface area contributed by atoms with E-state index < -0.39 is 0 Å². The van der Waals surface area contributed by atoms with Crippen molar-refractivity contribution >= 4 is 5.69 Å². The number of hydrogen-bond donors (Lipinski definition) is 0. The maximum atomic E-state index is 2.45. The van der Waals surface area contributed by atoms with Crippen LogP contribution in [0.3, 0.4) is 0 Å². The minimum atomic E-state index is 0.645. The minimum Gasteiger partial charge on any atom is -0.371 e. The van der Waals surface area contributed by atoms with Gasteiger partial charge in [0.1, 0.15) is 0 Å². The Morgan fingerprint density at radius 1 is 1.28 bits per heavy atom. The summed E-state index contributed by atoms with van der Waals surface area (Å²) in [4.78, 5) is 2.45. The van der Waals surface area contributed by atoms with Gasteiger partial charge in [-0.1, -0.05) is 51.3 Å². The lowest BCUT2D eigenvalue weighted by Gasteiger charge is -2.25. The van der Waals surface area contributed by atoms with E-state index in [1.807, 2.05) is 0 Å². The van der Waals surface area contributed by atoms with Crippen molar-refractivity contribution in [1.82, 2.24) is 0 Å². The smallest absolute Gasteiger partial charge is 0.0402 e. The fourth-order valence-corrected chi connectivity index (χ4v) is 3.30. The summed E-state index contributed by atoms with van der Waals surface area (Å²) in [5.74, 6) is 1.56. The van der Waals surface area contributed by atoms with Crippen LogP contribution in [0.15, 0.2) is 24.3 Å². The van der Waals surface area contributed by atoms with Crippen molar-refractivity contribution in [1.29, 1.82) is 0 Å². The lowest BCUT2D eigenvalue weighted by molar-refractivity contribution is 0.405. The second-order valence-electron chi connectivity index (χ2n) is 6.00. The molecule has 1 heteroatoms. The van der Waals surface area contributed by atoms with E-state index in [9.17, 15) is 0 Å². The van der Waals surface area contributed by atoms with Crippen LogP contribution >= 0.6 is 0 Å². The molecule has 1 heterocycles. The molecule has 0 radical (unpaired) electrons. The highest BCUT2D eigenvalue weighted by Gasteiger charge is 2.33. The van der Waals surface area contributed by atoms with E-state index in [0.29, 0.717) is 6.04 Å². The first-order chi connectivity index (χ1) is 8.65. The zero-order valence-corrected chi connectivity index (χ0v) is 12.3. The summed E-state index contributed by atoms with van der Waals surface area (Å²) in [6.07, 6.45) is 5.41. The average Bonchev–Trinajstić information content (AvgIpc) is 2.62. The summed E-state index contributed by atoms with van der Waals surface area (Å²) in [6, 6.07) is 9.58. The Hall–Kier alpha value is -0.980. The molecular formula is C17H27N. The number of rotatable bonds is 5. The molecule has 3 atom stereocenters. The topological polar surface area (TPSA) is 3.24 Å². The summed E-state index contributed by atoms with van der Waals surface area (Å²) in [6.45, 7) is 7.08. The average molecular weight is 245 g/mol. The zero-order valence-electron chi connectivity index (χ0n) is 12.3. The summed E-state index contributed by atoms with van der Waals surface area (Å²) in [5.41, 5.74) is 3.01. The molecular weight excluding hydrogens is 218 g/mol. The second kappa shape index (κ2) is 5.77. The zero-order chi connectivity index (χ0) is 13.1. The van der Waals surface area contributed by atoms with Gasteiger partial charge in [-0.25, -0.2) is 0 Å². The molecule has 18 heavy (non-hydrogen) atoms. The predicted molar refractivity (Wildman–Crippen MR) is 80.4 cm³/mol. The van der Waals surface area contributed by atoms with Crippen LogP contribution in [0.25, 0.3) is 0 Å². The van der Waals surface area contributed by atoms with Crippen molar-refractivity contribution in [2.75, 3.05) is 11.9 Å². The van der Waals surface area contributed by atoms with E-state index in [0.717, 1.165) is 11.8 Å². The largest absolute Gasteiger partial charge is 0.371 e. The van der Waals surface area contributed by atoms with Crippen molar-refractivity contribution in [3.05, 3.63) is 29.8 Å². The van der Waals surface area contributed by atoms with Crippen LogP contribution < -0.4 is 4.90 Å². The predicted octanol–water partition coefficient (Wildman–Crippen LogP) is 4.82. The SMILES string of the molecule is CCCC[C@@H](C)CC1c2ccccc2N(C)[C@H]1C. The van der Waals surface area contributed by atoms with Crippen LogP contribution in [-0.4, -0.2) is 13.1 Å². The Morgan fingerprint density at radius 3 is 2.72 bits per heavy atom. The monoisotopic (exact) mass is 245 g/mol. The third-order valence-electron chi connectivity index (χ3n) is 4.62. The van der Waals surface area contributed by atoms with Gasteiger partial charge >= 0.3 is 0 Å². The molecule has 2 rings (SSSR count). The van der Waals surface area contributed by atoms with Crippen molar-refractivity contribution in [2.24, 2.45) is 5.92 Å². The first-order valence-corrected chi connectivity index (χ1v) is 7.46. The highest BCUT2D eigenvalue weighted by atomic mass is 15.2. The first kappa shape index (κ1) is 13.5. The van der Waals surface area contributed by atoms with Gasteiger partial charge in [0.05, 0.1) is 0 Å². The first-order valence-electron chi connectivity index (χ1n) is 7.46. The number of fused-ring (bicyclic) bond motifs is 1. The molecule has 0 aromatic heterocycles. The van der Waals surface area contributed by atoms with Gasteiger partial charge < -0.3 is 4.90 Å². The van der Waals surface area contributed by atoms with Gasteiger partial charge in [-0.05, 0) is 30.9 Å². The molecule has 1 nitrogen and oxygen atoms in total. The number of hydrogen-bond acceptors (Lipinski definition) is 1. The number of unbranched alkanes of at least 4 members (excludes halogenated alkanes) is 1. The normalized spacial score (nSPS) is 24.1. The van der Waals surface area contributed by atoms with Crippen molar-refractivity contribution in [2.45, 2.75) is 58.4 Å². The van der Waals surface area contributed by atoms with Crippen LogP contribution in [-0.2, 0) is 0 Å². The maximum Gasteiger partial charge on any atom is 0.0402 e. The molecule has 0 saturated heterocycles. The molecule has 0 aliphatic carbocycles. The fraction of sp³-hybridized carbons (Fsp3) is 0.647. The van der Waals surface area contributed by atoms with E-state index in [2.05, 4.69) is 57.0 Å². The van der Waals surface area contributed by atoms with E-state index in [1.54, 1.807) is 5.56 Å². The summed E-state index contributed by atoms with van der Waals surface area (Å²) < 4.78 is 0. The van der Waals surface area contributed by atoms with Crippen LogP contribution in [0.4, 0.5) is 5.69 Å². The number of para-hydroxylation sites is 1. The summed E-state index contributed by atoms with van der Waals surface area (Å²) >= 11 is 0. The third kappa shape index (κ3) is 2.55. The van der Waals surface area contributed by atoms with E-state index >= 15 is 0 Å². The summed E-state index contributed by atoms with van der Waals surface area (Å²) in [7, 11) is 2.24. The number of benzene rings is 1. The Bertz CT molecular complexity index is 385. The molecule has 1 unspecified atom stereocenters. The molecule has 1 aliphatic rings. The molecule has 1 aromatic rings. The molecule has 0 fully saturated rings. The quantitative estimate of drug-likeness (QED) is 0.718. The Balaban J connectivity index is 2.09. The van der Waals surface area contributed by atoms with Gasteiger partial charge in [-0.2, -0.15) is 0 Å². The molecule has 100 valence electrons. The molecule has 1 aliphatic heterocycles. The molecule has 1 aromatic carbocycles. The van der Waals surface area contributed by atoms with Crippen molar-refractivity contribution < 1.29 is 0 Å². The lowest BCUT2D eigenvalue weighted by atomic mass is 9.85. The van der Waals surface area contributed by atoms with Crippen LogP contribution in [0, 0.1) is 5.92 Å². The van der Waals surface area contributed by atoms with Gasteiger partial charge in [-0.3, -0.25) is 0 Å². The van der Waals surface area contributed by atoms with Gasteiger partial charge in [0.15, 0.2) is 0 Å².